The van der Waals surface area contributed by atoms with Gasteiger partial charge in [0.15, 0.2) is 0 Å². The van der Waals surface area contributed by atoms with Gasteiger partial charge in [-0.15, -0.1) is 6.58 Å². The summed E-state index contributed by atoms with van der Waals surface area (Å²) >= 11 is 0. The van der Waals surface area contributed by atoms with Gasteiger partial charge in [-0.25, -0.2) is 0 Å². The molecule has 0 spiro atoms. The normalized spacial score (nSPS) is 11.3. The van der Waals surface area contributed by atoms with Crippen molar-refractivity contribution in [1.82, 2.24) is 0 Å². The van der Waals surface area contributed by atoms with Crippen LogP contribution in [-0.2, 0) is 6.42 Å². The molecular formula is C19H20. The van der Waals surface area contributed by atoms with E-state index in [0.29, 0.717) is 0 Å². The Hall–Kier alpha value is -2.08. The molecule has 2 aromatic carbocycles. The summed E-state index contributed by atoms with van der Waals surface area (Å²) in [4.78, 5) is 0. The Kier molecular flexibility index (Phi) is 5.18. The number of allylic oxidation sites excluding steroid dienone is 2. The van der Waals surface area contributed by atoms with Crippen molar-refractivity contribution < 1.29 is 0 Å². The summed E-state index contributed by atoms with van der Waals surface area (Å²) in [6, 6.07) is 21.1. The highest BCUT2D eigenvalue weighted by atomic mass is 14.0. The summed E-state index contributed by atoms with van der Waals surface area (Å²) in [5.74, 6) is 0. The highest BCUT2D eigenvalue weighted by Crippen LogP contribution is 2.16. The van der Waals surface area contributed by atoms with Crippen LogP contribution in [0.4, 0.5) is 0 Å². The molecule has 96 valence electrons. The summed E-state index contributed by atoms with van der Waals surface area (Å²) in [6.07, 6.45) is 7.41. The van der Waals surface area contributed by atoms with Crippen LogP contribution in [-0.4, -0.2) is 0 Å². The fourth-order valence-corrected chi connectivity index (χ4v) is 2.15. The number of aryl methyl sites for hydroxylation is 1. The molecule has 0 aliphatic carbocycles. The van der Waals surface area contributed by atoms with Crippen LogP contribution in [0.5, 0.6) is 0 Å². The first-order valence-corrected chi connectivity index (χ1v) is 6.78. The summed E-state index contributed by atoms with van der Waals surface area (Å²) in [5.41, 5.74) is 4.10. The van der Waals surface area contributed by atoms with Crippen LogP contribution < -0.4 is 0 Å². The number of hydrogen-bond acceptors (Lipinski definition) is 0. The van der Waals surface area contributed by atoms with E-state index >= 15 is 0 Å². The first kappa shape index (κ1) is 13.4. The molecule has 0 atom stereocenters. The van der Waals surface area contributed by atoms with Crippen LogP contribution in [0.1, 0.15) is 24.0 Å². The molecule has 0 saturated carbocycles. The van der Waals surface area contributed by atoms with Crippen molar-refractivity contribution in [3.05, 3.63) is 90.0 Å². The van der Waals surface area contributed by atoms with Crippen LogP contribution in [0.15, 0.2) is 78.9 Å². The Morgan fingerprint density at radius 1 is 0.895 bits per heavy atom. The molecule has 0 saturated heterocycles. The highest BCUT2D eigenvalue weighted by molar-refractivity contribution is 5.53. The minimum absolute atomic E-state index is 0.960. The fraction of sp³-hybridized carbons (Fsp3) is 0.158. The lowest BCUT2D eigenvalue weighted by Crippen LogP contribution is -1.89. The molecule has 19 heavy (non-hydrogen) atoms. The molecule has 0 aromatic heterocycles. The first-order valence-electron chi connectivity index (χ1n) is 6.78. The van der Waals surface area contributed by atoms with Crippen molar-refractivity contribution in [1.29, 1.82) is 0 Å². The Morgan fingerprint density at radius 2 is 1.53 bits per heavy atom. The largest absolute Gasteiger partial charge is 0.103 e. The molecule has 0 heterocycles. The molecule has 0 unspecified atom stereocenters. The van der Waals surface area contributed by atoms with E-state index in [1.54, 1.807) is 0 Å². The molecule has 0 fully saturated rings. The van der Waals surface area contributed by atoms with Gasteiger partial charge in [-0.3, -0.25) is 0 Å². The zero-order valence-corrected chi connectivity index (χ0v) is 11.3. The third kappa shape index (κ3) is 4.59. The lowest BCUT2D eigenvalue weighted by Gasteiger charge is -2.06. The Morgan fingerprint density at radius 3 is 2.16 bits per heavy atom. The predicted molar refractivity (Wildman–Crippen MR) is 84.0 cm³/mol. The maximum Gasteiger partial charge on any atom is -0.0138 e. The van der Waals surface area contributed by atoms with Crippen LogP contribution in [0.2, 0.25) is 0 Å². The van der Waals surface area contributed by atoms with Gasteiger partial charge in [0.1, 0.15) is 0 Å². The van der Waals surface area contributed by atoms with E-state index in [2.05, 4.69) is 73.3 Å². The SMILES string of the molecule is C=CC/C(=C\c1ccccc1)CCc1ccccc1. The maximum absolute atomic E-state index is 3.86. The molecule has 0 aliphatic heterocycles. The van der Waals surface area contributed by atoms with Gasteiger partial charge in [-0.1, -0.05) is 78.4 Å². The monoisotopic (exact) mass is 248 g/mol. The fourth-order valence-electron chi connectivity index (χ4n) is 2.15. The lowest BCUT2D eigenvalue weighted by atomic mass is 10.00. The van der Waals surface area contributed by atoms with Crippen molar-refractivity contribution in [2.75, 3.05) is 0 Å². The molecule has 2 rings (SSSR count). The first-order chi connectivity index (χ1) is 9.38. The zero-order valence-electron chi connectivity index (χ0n) is 11.3. The summed E-state index contributed by atoms with van der Waals surface area (Å²) in [7, 11) is 0. The number of rotatable bonds is 6. The van der Waals surface area contributed by atoms with Gasteiger partial charge in [0.05, 0.1) is 0 Å². The third-order valence-corrected chi connectivity index (χ3v) is 3.15. The lowest BCUT2D eigenvalue weighted by molar-refractivity contribution is 0.919. The third-order valence-electron chi connectivity index (χ3n) is 3.15. The van der Waals surface area contributed by atoms with Crippen molar-refractivity contribution in [3.63, 3.8) is 0 Å². The second kappa shape index (κ2) is 7.38. The molecule has 0 bridgehead atoms. The zero-order chi connectivity index (χ0) is 13.3. The standard InChI is InChI=1S/C19H20/c1-2-9-18(16-19-12-7-4-8-13-19)15-14-17-10-5-3-6-11-17/h2-8,10-13,16H,1,9,14-15H2/b18-16+. The van der Waals surface area contributed by atoms with Crippen molar-refractivity contribution in [2.24, 2.45) is 0 Å². The molecule has 0 aliphatic rings. The van der Waals surface area contributed by atoms with Gasteiger partial charge >= 0.3 is 0 Å². The van der Waals surface area contributed by atoms with Crippen LogP contribution in [0.25, 0.3) is 6.08 Å². The van der Waals surface area contributed by atoms with Gasteiger partial charge in [-0.2, -0.15) is 0 Å². The van der Waals surface area contributed by atoms with E-state index in [0.717, 1.165) is 19.3 Å². The van der Waals surface area contributed by atoms with E-state index in [1.165, 1.54) is 16.7 Å². The number of benzene rings is 2. The molecule has 0 amide bonds. The maximum atomic E-state index is 3.86. The summed E-state index contributed by atoms with van der Waals surface area (Å²) < 4.78 is 0. The van der Waals surface area contributed by atoms with Crippen molar-refractivity contribution >= 4 is 6.08 Å². The van der Waals surface area contributed by atoms with E-state index in [1.807, 2.05) is 6.08 Å². The second-order valence-electron chi connectivity index (χ2n) is 4.69. The average Bonchev–Trinajstić information content (AvgIpc) is 2.47. The predicted octanol–water partition coefficient (Wildman–Crippen LogP) is 5.28. The van der Waals surface area contributed by atoms with E-state index in [9.17, 15) is 0 Å². The van der Waals surface area contributed by atoms with Gasteiger partial charge < -0.3 is 0 Å². The van der Waals surface area contributed by atoms with Gasteiger partial charge in [0.25, 0.3) is 0 Å². The minimum Gasteiger partial charge on any atom is -0.103 e. The number of hydrogen-bond donors (Lipinski definition) is 0. The molecule has 0 heteroatoms. The average molecular weight is 248 g/mol. The van der Waals surface area contributed by atoms with Crippen molar-refractivity contribution in [3.8, 4) is 0 Å². The Labute approximate surface area is 116 Å². The van der Waals surface area contributed by atoms with Gasteiger partial charge in [-0.05, 0) is 30.4 Å². The van der Waals surface area contributed by atoms with E-state index in [4.69, 9.17) is 0 Å². The molecule has 0 nitrogen and oxygen atoms in total. The van der Waals surface area contributed by atoms with E-state index < -0.39 is 0 Å². The molecular weight excluding hydrogens is 228 g/mol. The van der Waals surface area contributed by atoms with Crippen LogP contribution in [0.3, 0.4) is 0 Å². The van der Waals surface area contributed by atoms with Gasteiger partial charge in [0, 0.05) is 0 Å². The smallest absolute Gasteiger partial charge is 0.0138 e. The van der Waals surface area contributed by atoms with Crippen LogP contribution in [0, 0.1) is 0 Å². The molecule has 0 N–H and O–H groups in total. The van der Waals surface area contributed by atoms with Gasteiger partial charge in [0.2, 0.25) is 0 Å². The Bertz CT molecular complexity index is 520. The van der Waals surface area contributed by atoms with E-state index in [-0.39, 0.29) is 0 Å². The molecule has 2 aromatic rings. The summed E-state index contributed by atoms with van der Waals surface area (Å²) in [5, 5.41) is 0. The van der Waals surface area contributed by atoms with Crippen molar-refractivity contribution in [2.45, 2.75) is 19.3 Å². The second-order valence-corrected chi connectivity index (χ2v) is 4.69. The Balaban J connectivity index is 2.04. The van der Waals surface area contributed by atoms with Crippen LogP contribution >= 0.6 is 0 Å². The summed E-state index contributed by atoms with van der Waals surface area (Å²) in [6.45, 7) is 3.86. The molecule has 0 radical (unpaired) electrons. The minimum atomic E-state index is 0.960. The topological polar surface area (TPSA) is 0 Å². The quantitative estimate of drug-likeness (QED) is 0.610. The highest BCUT2D eigenvalue weighted by Gasteiger charge is 1.98.